The summed E-state index contributed by atoms with van der Waals surface area (Å²) in [6.07, 6.45) is 0. The molecule has 0 fully saturated rings. The minimum atomic E-state index is -4.70. The summed E-state index contributed by atoms with van der Waals surface area (Å²) in [4.78, 5) is -0.209. The van der Waals surface area contributed by atoms with Gasteiger partial charge in [0.2, 0.25) is 5.69 Å². The largest absolute Gasteiger partial charge is 0.744 e. The van der Waals surface area contributed by atoms with E-state index in [1.165, 1.54) is 6.07 Å². The van der Waals surface area contributed by atoms with Crippen LogP contribution in [0.15, 0.2) is 77.7 Å². The smallest absolute Gasteiger partial charge is 0.213 e. The van der Waals surface area contributed by atoms with Crippen molar-refractivity contribution in [3.05, 3.63) is 95.2 Å². The Morgan fingerprint density at radius 2 is 1.55 bits per heavy atom. The van der Waals surface area contributed by atoms with Crippen LogP contribution in [-0.4, -0.2) is 34.9 Å². The second-order valence-corrected chi connectivity index (χ2v) is 9.75. The maximum Gasteiger partial charge on any atom is 0.213 e. The van der Waals surface area contributed by atoms with Crippen molar-refractivity contribution >= 4 is 43.6 Å². The average molecular weight is 457 g/mol. The van der Waals surface area contributed by atoms with Gasteiger partial charge in [0, 0.05) is 53.3 Å². The first kappa shape index (κ1) is 21.4. The molecule has 33 heavy (non-hydrogen) atoms. The second-order valence-electron chi connectivity index (χ2n) is 8.40. The number of nitrogens with zero attached hydrogens (tertiary/aromatic N) is 2. The van der Waals surface area contributed by atoms with Crippen LogP contribution in [0.4, 0.5) is 5.69 Å². The van der Waals surface area contributed by atoms with E-state index in [-0.39, 0.29) is 4.90 Å². The van der Waals surface area contributed by atoms with Gasteiger partial charge in [0.1, 0.15) is 17.2 Å². The summed E-state index contributed by atoms with van der Waals surface area (Å²) in [5.74, 6) is 0. The number of aromatic nitrogens is 1. The lowest BCUT2D eigenvalue weighted by molar-refractivity contribution is -0.401. The van der Waals surface area contributed by atoms with Crippen LogP contribution in [-0.2, 0) is 17.2 Å². The van der Waals surface area contributed by atoms with Crippen LogP contribution in [0.2, 0.25) is 0 Å². The van der Waals surface area contributed by atoms with Gasteiger partial charge in [0.15, 0.2) is 5.71 Å². The molecule has 0 saturated carbocycles. The fourth-order valence-electron chi connectivity index (χ4n) is 4.96. The second kappa shape index (κ2) is 7.54. The zero-order valence-electron chi connectivity index (χ0n) is 19.0. The molecule has 1 aromatic heterocycles. The van der Waals surface area contributed by atoms with E-state index in [0.29, 0.717) is 5.56 Å². The Morgan fingerprint density at radius 1 is 0.909 bits per heavy atom. The van der Waals surface area contributed by atoms with Gasteiger partial charge >= 0.3 is 0 Å². The van der Waals surface area contributed by atoms with Crippen molar-refractivity contribution < 1.29 is 17.5 Å². The highest BCUT2D eigenvalue weighted by Gasteiger charge is 2.34. The van der Waals surface area contributed by atoms with E-state index in [2.05, 4.69) is 21.3 Å². The number of allylic oxidation sites excluding steroid dienone is 1. The Labute approximate surface area is 193 Å². The number of benzene rings is 3. The topological polar surface area (TPSA) is 65.1 Å². The van der Waals surface area contributed by atoms with Gasteiger partial charge < -0.3 is 9.12 Å². The molecular formula is C27H24N2O3S. The van der Waals surface area contributed by atoms with Crippen molar-refractivity contribution in [1.82, 2.24) is 4.57 Å². The van der Waals surface area contributed by atoms with Crippen LogP contribution in [0.3, 0.4) is 0 Å². The van der Waals surface area contributed by atoms with Crippen LogP contribution in [0, 0.1) is 6.92 Å². The summed E-state index contributed by atoms with van der Waals surface area (Å²) in [6, 6.07) is 22.7. The van der Waals surface area contributed by atoms with E-state index >= 15 is 0 Å². The number of hydrogen-bond acceptors (Lipinski definition) is 3. The molecule has 0 bridgehead atoms. The maximum absolute atomic E-state index is 12.3. The van der Waals surface area contributed by atoms with E-state index in [1.807, 2.05) is 64.3 Å². The van der Waals surface area contributed by atoms with Gasteiger partial charge in [-0.15, -0.1) is 0 Å². The van der Waals surface area contributed by atoms with Crippen molar-refractivity contribution in [2.45, 2.75) is 18.7 Å². The molecule has 0 aliphatic carbocycles. The van der Waals surface area contributed by atoms with Crippen molar-refractivity contribution in [2.24, 2.45) is 7.05 Å². The maximum atomic E-state index is 12.3. The Balaban J connectivity index is 2.04. The molecular weight excluding hydrogens is 432 g/mol. The summed E-state index contributed by atoms with van der Waals surface area (Å²) in [7, 11) is -0.688. The van der Waals surface area contributed by atoms with Gasteiger partial charge in [-0.2, -0.15) is 4.58 Å². The molecule has 3 aromatic carbocycles. The zero-order chi connectivity index (χ0) is 23.5. The molecule has 0 radical (unpaired) electrons. The predicted octanol–water partition coefficient (Wildman–Crippen LogP) is 5.10. The molecule has 1 aliphatic heterocycles. The summed E-state index contributed by atoms with van der Waals surface area (Å²) in [6.45, 7) is 4.06. The minimum Gasteiger partial charge on any atom is -0.744 e. The van der Waals surface area contributed by atoms with E-state index in [9.17, 15) is 13.0 Å². The normalized spacial score (nSPS) is 15.3. The van der Waals surface area contributed by atoms with Gasteiger partial charge in [-0.05, 0) is 25.1 Å². The molecule has 1 aliphatic rings. The number of fused-ring (bicyclic) bond motifs is 2. The lowest BCUT2D eigenvalue weighted by atomic mass is 9.87. The monoisotopic (exact) mass is 456 g/mol. The molecule has 0 unspecified atom stereocenters. The van der Waals surface area contributed by atoms with Crippen molar-refractivity contribution in [1.29, 1.82) is 0 Å². The van der Waals surface area contributed by atoms with E-state index < -0.39 is 10.1 Å². The van der Waals surface area contributed by atoms with Gasteiger partial charge in [0.05, 0.1) is 16.0 Å². The first-order valence-corrected chi connectivity index (χ1v) is 12.1. The number of hydrogen-bond donors (Lipinski definition) is 0. The first-order valence-electron chi connectivity index (χ1n) is 10.7. The molecule has 0 spiro atoms. The molecule has 5 rings (SSSR count). The number of rotatable bonds is 3. The first-order chi connectivity index (χ1) is 15.7. The van der Waals surface area contributed by atoms with Gasteiger partial charge in [0.25, 0.3) is 0 Å². The molecule has 6 heteroatoms. The van der Waals surface area contributed by atoms with Gasteiger partial charge in [-0.3, -0.25) is 0 Å². The van der Waals surface area contributed by atoms with Gasteiger partial charge in [-0.25, -0.2) is 8.42 Å². The molecule has 5 nitrogen and oxygen atoms in total. The molecule has 166 valence electrons. The predicted molar refractivity (Wildman–Crippen MR) is 131 cm³/mol. The van der Waals surface area contributed by atoms with Gasteiger partial charge in [-0.1, -0.05) is 48.5 Å². The third-order valence-electron chi connectivity index (χ3n) is 6.73. The van der Waals surface area contributed by atoms with Crippen LogP contribution in [0.25, 0.3) is 22.0 Å². The van der Waals surface area contributed by atoms with Crippen LogP contribution < -0.4 is 0 Å². The molecule has 4 aromatic rings. The molecule has 0 N–H and O–H groups in total. The summed E-state index contributed by atoms with van der Waals surface area (Å²) < 4.78 is 41.3. The minimum absolute atomic E-state index is 0.209. The average Bonchev–Trinajstić information content (AvgIpc) is 3.20. The quantitative estimate of drug-likeness (QED) is 0.318. The lowest BCUT2D eigenvalue weighted by Gasteiger charge is -2.18. The van der Waals surface area contributed by atoms with Crippen LogP contribution >= 0.6 is 0 Å². The SMILES string of the molecule is CC1=[N+](C)c2ccccc2/C1=C(/c1ccccc1S(=O)(=O)[O-])c1c(C)n(C)c2ccccc12. The summed E-state index contributed by atoms with van der Waals surface area (Å²) in [5.41, 5.74) is 8.14. The summed E-state index contributed by atoms with van der Waals surface area (Å²) in [5, 5.41) is 1.01. The number of para-hydroxylation sites is 2. The van der Waals surface area contributed by atoms with E-state index in [1.54, 1.807) is 18.2 Å². The highest BCUT2D eigenvalue weighted by atomic mass is 32.2. The Bertz CT molecular complexity index is 1620. The third-order valence-corrected chi connectivity index (χ3v) is 7.62. The Morgan fingerprint density at radius 3 is 2.30 bits per heavy atom. The molecule has 0 amide bonds. The van der Waals surface area contributed by atoms with Crippen LogP contribution in [0.1, 0.15) is 29.3 Å². The zero-order valence-corrected chi connectivity index (χ0v) is 19.8. The summed E-state index contributed by atoms with van der Waals surface area (Å²) >= 11 is 0. The highest BCUT2D eigenvalue weighted by Crippen LogP contribution is 2.45. The highest BCUT2D eigenvalue weighted by molar-refractivity contribution is 7.85. The Kier molecular flexibility index (Phi) is 4.88. The van der Waals surface area contributed by atoms with Crippen molar-refractivity contribution in [3.63, 3.8) is 0 Å². The van der Waals surface area contributed by atoms with Crippen LogP contribution in [0.5, 0.6) is 0 Å². The van der Waals surface area contributed by atoms with Crippen molar-refractivity contribution in [3.8, 4) is 0 Å². The lowest BCUT2D eigenvalue weighted by Crippen LogP contribution is -2.09. The Hall–Kier alpha value is -3.48. The van der Waals surface area contributed by atoms with E-state index in [4.69, 9.17) is 0 Å². The fraction of sp³-hybridized carbons (Fsp3) is 0.148. The van der Waals surface area contributed by atoms with Crippen molar-refractivity contribution in [2.75, 3.05) is 7.05 Å². The number of aryl methyl sites for hydroxylation is 1. The fourth-order valence-corrected chi connectivity index (χ4v) is 5.64. The standard InChI is InChI=1S/C27H24N2O3S/c1-17-25(19-11-5-8-14-22(19)28(17)3)27(21-13-7-10-16-24(21)33(30,31)32)26-18(2)29(4)23-15-9-6-12-20(23)26/h5-16H,1-4H3. The third kappa shape index (κ3) is 3.17. The molecule has 2 heterocycles. The molecule has 0 saturated heterocycles. The molecule has 0 atom stereocenters. The van der Waals surface area contributed by atoms with E-state index in [0.717, 1.165) is 50.3 Å².